The molecule has 0 aliphatic carbocycles. The number of pyridine rings is 2. The number of alkyl halides is 1. The highest BCUT2D eigenvalue weighted by Crippen LogP contribution is 2.35. The third-order valence-corrected chi connectivity index (χ3v) is 7.92. The number of halogens is 2. The molecule has 0 amide bonds. The smallest absolute Gasteiger partial charge is 0.308 e. The fraction of sp³-hybridized carbons (Fsp3) is 0.444. The molecule has 2 aromatic heterocycles. The molecule has 1 aliphatic heterocycles. The molecule has 0 spiro atoms. The van der Waals surface area contributed by atoms with Crippen LogP contribution in [0.2, 0.25) is 0 Å². The third-order valence-electron chi connectivity index (χ3n) is 6.85. The molecule has 1 fully saturated rings. The Balaban J connectivity index is 1.30. The first-order valence-corrected chi connectivity index (χ1v) is 13.2. The van der Waals surface area contributed by atoms with Crippen LogP contribution in [-0.2, 0) is 4.79 Å². The Bertz CT molecular complexity index is 1180. The Hall–Kier alpha value is -2.78. The highest BCUT2D eigenvalue weighted by molar-refractivity contribution is 7.99. The molecule has 0 bridgehead atoms. The number of piperidine rings is 1. The second-order valence-electron chi connectivity index (χ2n) is 9.11. The zero-order chi connectivity index (χ0) is 25.5. The maximum absolute atomic E-state index is 15.4. The summed E-state index contributed by atoms with van der Waals surface area (Å²) in [5.41, 5.74) is 1.27. The quantitative estimate of drug-likeness (QED) is 0.257. The predicted molar refractivity (Wildman–Crippen MR) is 137 cm³/mol. The van der Waals surface area contributed by atoms with Crippen molar-refractivity contribution < 1.29 is 23.4 Å². The lowest BCUT2D eigenvalue weighted by Gasteiger charge is -2.36. The van der Waals surface area contributed by atoms with E-state index in [1.165, 1.54) is 17.8 Å². The number of methoxy groups -OCH3 is 1. The Morgan fingerprint density at radius 1 is 1.28 bits per heavy atom. The van der Waals surface area contributed by atoms with E-state index in [0.29, 0.717) is 40.6 Å². The van der Waals surface area contributed by atoms with Gasteiger partial charge in [-0.25, -0.2) is 13.8 Å². The van der Waals surface area contributed by atoms with Crippen LogP contribution in [0.5, 0.6) is 5.75 Å². The summed E-state index contributed by atoms with van der Waals surface area (Å²) in [4.78, 5) is 22.5. The summed E-state index contributed by atoms with van der Waals surface area (Å²) in [7, 11) is 1.57. The van der Waals surface area contributed by atoms with E-state index in [1.54, 1.807) is 43.8 Å². The lowest BCUT2D eigenvalue weighted by molar-refractivity contribution is -0.146. The fourth-order valence-corrected chi connectivity index (χ4v) is 5.70. The van der Waals surface area contributed by atoms with Crippen LogP contribution >= 0.6 is 11.8 Å². The van der Waals surface area contributed by atoms with Gasteiger partial charge in [0.1, 0.15) is 16.9 Å². The zero-order valence-corrected chi connectivity index (χ0v) is 21.1. The molecule has 9 heteroatoms. The molecule has 1 aliphatic rings. The van der Waals surface area contributed by atoms with Crippen molar-refractivity contribution in [1.29, 1.82) is 0 Å². The van der Waals surface area contributed by atoms with E-state index >= 15 is 4.39 Å². The van der Waals surface area contributed by atoms with Crippen molar-refractivity contribution in [3.63, 3.8) is 0 Å². The summed E-state index contributed by atoms with van der Waals surface area (Å²) in [6.45, 7) is 1.98. The standard InChI is InChI=1S/C27H31F2N3O3S/c1-35-19-6-8-25-21(16-19)20(9-12-30-25)23(28)7-5-18-10-14-32(17-22(18)27(33)34)13-3-15-36-26-24(29)4-2-11-31-26/h2,4,6,8-9,11-12,16,18,22-23H,3,5,7,10,13-15,17H2,1H3,(H,33,34)/t18-,22+,23?/m1/s1. The first kappa shape index (κ1) is 26.3. The van der Waals surface area contributed by atoms with Gasteiger partial charge in [0, 0.05) is 30.1 Å². The summed E-state index contributed by atoms with van der Waals surface area (Å²) in [6.07, 6.45) is 4.27. The molecular formula is C27H31F2N3O3S. The highest BCUT2D eigenvalue weighted by atomic mass is 32.2. The molecule has 4 rings (SSSR count). The van der Waals surface area contributed by atoms with Gasteiger partial charge < -0.3 is 14.7 Å². The summed E-state index contributed by atoms with van der Waals surface area (Å²) in [5.74, 6) is -0.396. The number of carbonyl (C=O) groups is 1. The minimum atomic E-state index is -1.21. The maximum Gasteiger partial charge on any atom is 0.308 e. The first-order chi connectivity index (χ1) is 17.5. The van der Waals surface area contributed by atoms with Crippen molar-refractivity contribution in [3.05, 3.63) is 60.2 Å². The number of carboxylic acid groups (broad SMARTS) is 1. The van der Waals surface area contributed by atoms with Gasteiger partial charge in [-0.05, 0) is 86.7 Å². The minimum absolute atomic E-state index is 0.0726. The molecular weight excluding hydrogens is 484 g/mol. The molecule has 6 nitrogen and oxygen atoms in total. The fourth-order valence-electron chi connectivity index (χ4n) is 4.89. The van der Waals surface area contributed by atoms with Crippen LogP contribution < -0.4 is 4.74 Å². The van der Waals surface area contributed by atoms with E-state index in [0.717, 1.165) is 31.3 Å². The molecule has 3 atom stereocenters. The van der Waals surface area contributed by atoms with E-state index in [4.69, 9.17) is 4.74 Å². The molecule has 3 heterocycles. The zero-order valence-electron chi connectivity index (χ0n) is 20.3. The second-order valence-corrected chi connectivity index (χ2v) is 10.2. The molecule has 1 unspecified atom stereocenters. The number of ether oxygens (including phenoxy) is 1. The van der Waals surface area contributed by atoms with Gasteiger partial charge in [0.2, 0.25) is 0 Å². The van der Waals surface area contributed by atoms with Crippen molar-refractivity contribution in [1.82, 2.24) is 14.9 Å². The van der Waals surface area contributed by atoms with E-state index in [-0.39, 0.29) is 18.2 Å². The lowest BCUT2D eigenvalue weighted by atomic mass is 9.81. The van der Waals surface area contributed by atoms with Crippen LogP contribution in [0.3, 0.4) is 0 Å². The van der Waals surface area contributed by atoms with Crippen LogP contribution in [0.25, 0.3) is 10.9 Å². The van der Waals surface area contributed by atoms with Crippen LogP contribution in [0.4, 0.5) is 8.78 Å². The van der Waals surface area contributed by atoms with E-state index in [2.05, 4.69) is 14.9 Å². The van der Waals surface area contributed by atoms with Gasteiger partial charge in [0.05, 0.1) is 18.5 Å². The number of aliphatic carboxylic acids is 1. The van der Waals surface area contributed by atoms with Crippen molar-refractivity contribution >= 4 is 28.6 Å². The number of hydrogen-bond donors (Lipinski definition) is 1. The van der Waals surface area contributed by atoms with Gasteiger partial charge in [0.15, 0.2) is 5.82 Å². The number of aromatic nitrogens is 2. The monoisotopic (exact) mass is 515 g/mol. The first-order valence-electron chi connectivity index (χ1n) is 12.2. The van der Waals surface area contributed by atoms with Crippen molar-refractivity contribution in [2.75, 3.05) is 32.5 Å². The number of rotatable bonds is 11. The van der Waals surface area contributed by atoms with Crippen LogP contribution in [0, 0.1) is 17.7 Å². The number of benzene rings is 1. The number of nitrogens with zero attached hydrogens (tertiary/aromatic N) is 3. The number of hydrogen-bond acceptors (Lipinski definition) is 6. The number of likely N-dealkylation sites (tertiary alicyclic amines) is 1. The average molecular weight is 516 g/mol. The summed E-state index contributed by atoms with van der Waals surface area (Å²) in [5, 5.41) is 11.0. The highest BCUT2D eigenvalue weighted by Gasteiger charge is 2.34. The molecule has 0 saturated carbocycles. The molecule has 1 aromatic carbocycles. The summed E-state index contributed by atoms with van der Waals surface area (Å²) >= 11 is 1.37. The number of fused-ring (bicyclic) bond motifs is 1. The largest absolute Gasteiger partial charge is 0.497 e. The van der Waals surface area contributed by atoms with E-state index in [1.807, 2.05) is 6.07 Å². The number of carboxylic acids is 1. The van der Waals surface area contributed by atoms with Crippen molar-refractivity contribution in [2.24, 2.45) is 11.8 Å². The molecule has 36 heavy (non-hydrogen) atoms. The average Bonchev–Trinajstić information content (AvgIpc) is 2.90. The Kier molecular flexibility index (Phi) is 9.09. The molecule has 3 aromatic rings. The van der Waals surface area contributed by atoms with Gasteiger partial charge in [-0.1, -0.05) is 0 Å². The normalized spacial score (nSPS) is 19.3. The van der Waals surface area contributed by atoms with Gasteiger partial charge >= 0.3 is 5.97 Å². The minimum Gasteiger partial charge on any atom is -0.497 e. The molecule has 1 N–H and O–H groups in total. The predicted octanol–water partition coefficient (Wildman–Crippen LogP) is 5.77. The Morgan fingerprint density at radius 2 is 2.14 bits per heavy atom. The number of thioether (sulfide) groups is 1. The second kappa shape index (κ2) is 12.5. The Morgan fingerprint density at radius 3 is 2.92 bits per heavy atom. The maximum atomic E-state index is 15.4. The summed E-state index contributed by atoms with van der Waals surface area (Å²) < 4.78 is 34.4. The van der Waals surface area contributed by atoms with Crippen molar-refractivity contribution in [3.8, 4) is 5.75 Å². The van der Waals surface area contributed by atoms with Gasteiger partial charge in [0.25, 0.3) is 0 Å². The van der Waals surface area contributed by atoms with Crippen LogP contribution in [-0.4, -0.2) is 58.4 Å². The van der Waals surface area contributed by atoms with Gasteiger partial charge in [-0.15, -0.1) is 11.8 Å². The topological polar surface area (TPSA) is 75.5 Å². The molecule has 1 saturated heterocycles. The Labute approximate surface area is 214 Å². The summed E-state index contributed by atoms with van der Waals surface area (Å²) in [6, 6.07) is 10.1. The van der Waals surface area contributed by atoms with Gasteiger partial charge in [-0.3, -0.25) is 9.78 Å². The van der Waals surface area contributed by atoms with Gasteiger partial charge in [-0.2, -0.15) is 0 Å². The van der Waals surface area contributed by atoms with Crippen LogP contribution in [0.1, 0.15) is 37.4 Å². The lowest BCUT2D eigenvalue weighted by Crippen LogP contribution is -2.44. The molecule has 192 valence electrons. The van der Waals surface area contributed by atoms with E-state index in [9.17, 15) is 14.3 Å². The van der Waals surface area contributed by atoms with Crippen molar-refractivity contribution in [2.45, 2.75) is 36.9 Å². The molecule has 0 radical (unpaired) electrons. The third kappa shape index (κ3) is 6.50. The van der Waals surface area contributed by atoms with Crippen LogP contribution in [0.15, 0.2) is 53.8 Å². The SMILES string of the molecule is COc1ccc2nccc(C(F)CC[C@@H]3CCN(CCCSc4ncccc4F)C[C@@H]3C(=O)O)c2c1. The van der Waals surface area contributed by atoms with E-state index < -0.39 is 18.1 Å².